The van der Waals surface area contributed by atoms with E-state index < -0.39 is 11.4 Å². The highest BCUT2D eigenvalue weighted by Crippen LogP contribution is 2.19. The summed E-state index contributed by atoms with van der Waals surface area (Å²) in [5, 5.41) is 2.84. The Labute approximate surface area is 161 Å². The van der Waals surface area contributed by atoms with Crippen molar-refractivity contribution in [2.45, 2.75) is 39.2 Å². The summed E-state index contributed by atoms with van der Waals surface area (Å²) in [7, 11) is 0. The molecule has 0 aromatic heterocycles. The minimum Gasteiger partial charge on any atom is -0.444 e. The van der Waals surface area contributed by atoms with Gasteiger partial charge in [-0.15, -0.1) is 0 Å². The first-order valence-electron chi connectivity index (χ1n) is 8.37. The van der Waals surface area contributed by atoms with Crippen molar-refractivity contribution in [3.05, 3.63) is 33.1 Å². The van der Waals surface area contributed by atoms with Gasteiger partial charge in [0, 0.05) is 28.8 Å². The van der Waals surface area contributed by atoms with Crippen LogP contribution in [0.5, 0.6) is 0 Å². The second-order valence-electron chi connectivity index (χ2n) is 7.27. The Morgan fingerprint density at radius 2 is 2.12 bits per heavy atom. The molecule has 1 aliphatic rings. The van der Waals surface area contributed by atoms with E-state index in [0.29, 0.717) is 28.8 Å². The SMILES string of the molecule is CC(C)(C)OC(=O)N1CCCC(CNC(=O)c2ccc(I)c(F)c2)C1. The normalized spacial score (nSPS) is 18.0. The van der Waals surface area contributed by atoms with Crippen LogP contribution in [0.15, 0.2) is 18.2 Å². The molecule has 0 spiro atoms. The summed E-state index contributed by atoms with van der Waals surface area (Å²) in [5.74, 6) is -0.536. The zero-order valence-corrected chi connectivity index (χ0v) is 16.9. The number of halogens is 2. The molecule has 1 unspecified atom stereocenters. The van der Waals surface area contributed by atoms with Crippen LogP contribution >= 0.6 is 22.6 Å². The van der Waals surface area contributed by atoms with E-state index in [1.807, 2.05) is 43.4 Å². The van der Waals surface area contributed by atoms with E-state index in [9.17, 15) is 14.0 Å². The van der Waals surface area contributed by atoms with Crippen molar-refractivity contribution in [1.29, 1.82) is 0 Å². The Hall–Kier alpha value is -1.38. The van der Waals surface area contributed by atoms with Crippen LogP contribution < -0.4 is 5.32 Å². The fraction of sp³-hybridized carbons (Fsp3) is 0.556. The van der Waals surface area contributed by atoms with E-state index in [1.165, 1.54) is 6.07 Å². The van der Waals surface area contributed by atoms with Gasteiger partial charge in [0.25, 0.3) is 5.91 Å². The zero-order valence-electron chi connectivity index (χ0n) is 14.8. The Kier molecular flexibility index (Phi) is 6.65. The molecule has 7 heteroatoms. The number of benzene rings is 1. The van der Waals surface area contributed by atoms with E-state index in [0.717, 1.165) is 12.8 Å². The molecule has 0 saturated carbocycles. The second-order valence-corrected chi connectivity index (χ2v) is 8.44. The summed E-state index contributed by atoms with van der Waals surface area (Å²) >= 11 is 1.88. The van der Waals surface area contributed by atoms with Crippen LogP contribution in [-0.4, -0.2) is 42.1 Å². The van der Waals surface area contributed by atoms with Crippen LogP contribution in [0, 0.1) is 15.3 Å². The average molecular weight is 462 g/mol. The predicted octanol–water partition coefficient (Wildman–Crippen LogP) is 3.81. The number of piperidine rings is 1. The number of likely N-dealkylation sites (tertiary alicyclic amines) is 1. The maximum Gasteiger partial charge on any atom is 0.410 e. The smallest absolute Gasteiger partial charge is 0.410 e. The van der Waals surface area contributed by atoms with Crippen LogP contribution in [0.25, 0.3) is 0 Å². The number of ether oxygens (including phenoxy) is 1. The third-order valence-corrected chi connectivity index (χ3v) is 4.78. The third kappa shape index (κ3) is 6.13. The topological polar surface area (TPSA) is 58.6 Å². The van der Waals surface area contributed by atoms with Crippen molar-refractivity contribution in [1.82, 2.24) is 10.2 Å². The van der Waals surface area contributed by atoms with Crippen molar-refractivity contribution in [2.75, 3.05) is 19.6 Å². The molecule has 1 N–H and O–H groups in total. The number of carbonyl (C=O) groups is 2. The molecule has 1 atom stereocenters. The molecule has 1 aromatic rings. The lowest BCUT2D eigenvalue weighted by molar-refractivity contribution is 0.0167. The molecular formula is C18H24FIN2O3. The quantitative estimate of drug-likeness (QED) is 0.696. The fourth-order valence-electron chi connectivity index (χ4n) is 2.70. The second kappa shape index (κ2) is 8.33. The summed E-state index contributed by atoms with van der Waals surface area (Å²) in [6, 6.07) is 4.43. The minimum atomic E-state index is -0.521. The average Bonchev–Trinajstić information content (AvgIpc) is 2.54. The van der Waals surface area contributed by atoms with Gasteiger partial charge in [-0.1, -0.05) is 0 Å². The molecule has 1 aliphatic heterocycles. The van der Waals surface area contributed by atoms with Gasteiger partial charge in [-0.25, -0.2) is 9.18 Å². The molecule has 2 amide bonds. The molecule has 0 aliphatic carbocycles. The van der Waals surface area contributed by atoms with Crippen molar-refractivity contribution in [3.8, 4) is 0 Å². The molecule has 25 heavy (non-hydrogen) atoms. The molecule has 1 heterocycles. The van der Waals surface area contributed by atoms with Crippen LogP contribution in [0.4, 0.5) is 9.18 Å². The van der Waals surface area contributed by atoms with Gasteiger partial charge < -0.3 is 15.0 Å². The summed E-state index contributed by atoms with van der Waals surface area (Å²) in [4.78, 5) is 26.0. The number of nitrogens with zero attached hydrogens (tertiary/aromatic N) is 1. The maximum atomic E-state index is 13.6. The highest BCUT2D eigenvalue weighted by Gasteiger charge is 2.27. The number of hydrogen-bond donors (Lipinski definition) is 1. The Balaban J connectivity index is 1.87. The maximum absolute atomic E-state index is 13.6. The summed E-state index contributed by atoms with van der Waals surface area (Å²) in [5.41, 5.74) is -0.217. The van der Waals surface area contributed by atoms with Gasteiger partial charge in [-0.3, -0.25) is 4.79 Å². The fourth-order valence-corrected chi connectivity index (χ4v) is 3.04. The largest absolute Gasteiger partial charge is 0.444 e. The molecule has 1 fully saturated rings. The molecule has 0 bridgehead atoms. The van der Waals surface area contributed by atoms with E-state index in [2.05, 4.69) is 5.32 Å². The molecule has 2 rings (SSSR count). The van der Waals surface area contributed by atoms with E-state index in [4.69, 9.17) is 4.74 Å². The van der Waals surface area contributed by atoms with E-state index in [-0.39, 0.29) is 17.9 Å². The van der Waals surface area contributed by atoms with E-state index >= 15 is 0 Å². The standard InChI is InChI=1S/C18H24FIN2O3/c1-18(2,3)25-17(24)22-8-4-5-12(11-22)10-21-16(23)13-6-7-15(20)14(19)9-13/h6-7,9,12H,4-5,8,10-11H2,1-3H3,(H,21,23). The first-order chi connectivity index (χ1) is 11.7. The lowest BCUT2D eigenvalue weighted by Crippen LogP contribution is -2.45. The Bertz CT molecular complexity index is 646. The number of hydrogen-bond acceptors (Lipinski definition) is 3. The minimum absolute atomic E-state index is 0.166. The van der Waals surface area contributed by atoms with Gasteiger partial charge in [0.15, 0.2) is 0 Å². The Morgan fingerprint density at radius 1 is 1.40 bits per heavy atom. The highest BCUT2D eigenvalue weighted by atomic mass is 127. The number of amides is 2. The lowest BCUT2D eigenvalue weighted by Gasteiger charge is -2.34. The Morgan fingerprint density at radius 3 is 2.76 bits per heavy atom. The van der Waals surface area contributed by atoms with Crippen molar-refractivity contribution in [2.24, 2.45) is 5.92 Å². The van der Waals surface area contributed by atoms with Gasteiger partial charge in [-0.05, 0) is 80.3 Å². The molecular weight excluding hydrogens is 438 g/mol. The molecule has 5 nitrogen and oxygen atoms in total. The lowest BCUT2D eigenvalue weighted by atomic mass is 9.98. The zero-order chi connectivity index (χ0) is 18.6. The molecule has 1 saturated heterocycles. The first kappa shape index (κ1) is 19.9. The summed E-state index contributed by atoms with van der Waals surface area (Å²) < 4.78 is 19.4. The van der Waals surface area contributed by atoms with Crippen LogP contribution in [0.1, 0.15) is 44.0 Å². The van der Waals surface area contributed by atoms with Gasteiger partial charge in [0.05, 0.1) is 0 Å². The number of nitrogens with one attached hydrogen (secondary N) is 1. The van der Waals surface area contributed by atoms with Gasteiger partial charge in [0.2, 0.25) is 0 Å². The predicted molar refractivity (Wildman–Crippen MR) is 102 cm³/mol. The first-order valence-corrected chi connectivity index (χ1v) is 9.45. The van der Waals surface area contributed by atoms with Gasteiger partial charge in [0.1, 0.15) is 11.4 Å². The van der Waals surface area contributed by atoms with Crippen molar-refractivity contribution in [3.63, 3.8) is 0 Å². The van der Waals surface area contributed by atoms with Crippen LogP contribution in [0.2, 0.25) is 0 Å². The molecule has 1 aromatic carbocycles. The number of carbonyl (C=O) groups excluding carboxylic acids is 2. The molecule has 0 radical (unpaired) electrons. The highest BCUT2D eigenvalue weighted by molar-refractivity contribution is 14.1. The number of rotatable bonds is 3. The van der Waals surface area contributed by atoms with E-state index in [1.54, 1.807) is 17.0 Å². The monoisotopic (exact) mass is 462 g/mol. The van der Waals surface area contributed by atoms with Gasteiger partial charge >= 0.3 is 6.09 Å². The molecule has 138 valence electrons. The summed E-state index contributed by atoms with van der Waals surface area (Å²) in [6.45, 7) is 7.19. The van der Waals surface area contributed by atoms with Gasteiger partial charge in [-0.2, -0.15) is 0 Å². The summed E-state index contributed by atoms with van der Waals surface area (Å²) in [6.07, 6.45) is 1.49. The van der Waals surface area contributed by atoms with Crippen molar-refractivity contribution >= 4 is 34.6 Å². The third-order valence-electron chi connectivity index (χ3n) is 3.90. The van der Waals surface area contributed by atoms with Crippen molar-refractivity contribution < 1.29 is 18.7 Å². The van der Waals surface area contributed by atoms with Crippen LogP contribution in [0.3, 0.4) is 0 Å². The van der Waals surface area contributed by atoms with Crippen LogP contribution in [-0.2, 0) is 4.74 Å².